The van der Waals surface area contributed by atoms with E-state index in [0.717, 1.165) is 22.2 Å². The van der Waals surface area contributed by atoms with Crippen LogP contribution in [-0.4, -0.2) is 48.8 Å². The first-order valence-corrected chi connectivity index (χ1v) is 13.3. The third-order valence-electron chi connectivity index (χ3n) is 5.57. The van der Waals surface area contributed by atoms with Gasteiger partial charge in [-0.3, -0.25) is 19.3 Å². The Morgan fingerprint density at radius 3 is 2.49 bits per heavy atom. The van der Waals surface area contributed by atoms with Gasteiger partial charge in [0, 0.05) is 15.7 Å². The lowest BCUT2D eigenvalue weighted by Gasteiger charge is -2.13. The molecule has 1 fully saturated rings. The lowest BCUT2D eigenvalue weighted by molar-refractivity contribution is -0.123. The van der Waals surface area contributed by atoms with Gasteiger partial charge in [-0.25, -0.2) is 0 Å². The Kier molecular flexibility index (Phi) is 9.40. The molecular formula is C28H24Cl2N2O6S. The second-order valence-corrected chi connectivity index (χ2v) is 10.2. The van der Waals surface area contributed by atoms with Crippen LogP contribution in [0.25, 0.3) is 6.08 Å². The molecule has 202 valence electrons. The standard InChI is InChI=1S/C28H24Cl2N2O6S/c1-17-3-7-20(15-22(17)30)31-26(33)16-38-23-10-4-18(13-24(23)36-2)14-25-27(34)32(28(35)39-25)11-12-37-21-8-5-19(29)6-9-21/h3-10,13-15H,11-12,16H2,1-2H3,(H,31,33)/b25-14-. The minimum absolute atomic E-state index is 0.109. The molecule has 0 saturated carbocycles. The average Bonchev–Trinajstić information content (AvgIpc) is 3.18. The van der Waals surface area contributed by atoms with Crippen LogP contribution in [0.4, 0.5) is 10.5 Å². The lowest BCUT2D eigenvalue weighted by Crippen LogP contribution is -2.32. The van der Waals surface area contributed by atoms with E-state index < -0.39 is 5.91 Å². The minimum atomic E-state index is -0.406. The van der Waals surface area contributed by atoms with E-state index >= 15 is 0 Å². The van der Waals surface area contributed by atoms with Crippen molar-refractivity contribution < 1.29 is 28.6 Å². The van der Waals surface area contributed by atoms with E-state index in [1.807, 2.05) is 13.0 Å². The molecule has 0 radical (unpaired) electrons. The molecule has 1 aliphatic heterocycles. The van der Waals surface area contributed by atoms with Crippen LogP contribution in [0.2, 0.25) is 10.0 Å². The molecule has 0 atom stereocenters. The molecule has 4 rings (SSSR count). The Balaban J connectivity index is 1.35. The SMILES string of the molecule is COc1cc(/C=C2\SC(=O)N(CCOc3ccc(Cl)cc3)C2=O)ccc1OCC(=O)Nc1ccc(C)c(Cl)c1. The van der Waals surface area contributed by atoms with Crippen molar-refractivity contribution in [2.45, 2.75) is 6.92 Å². The molecule has 1 N–H and O–H groups in total. The van der Waals surface area contributed by atoms with Gasteiger partial charge in [-0.05, 0) is 84.4 Å². The lowest BCUT2D eigenvalue weighted by atomic mass is 10.2. The molecule has 3 amide bonds. The molecule has 3 aromatic carbocycles. The van der Waals surface area contributed by atoms with Crippen LogP contribution in [0.5, 0.6) is 17.2 Å². The molecule has 0 spiro atoms. The van der Waals surface area contributed by atoms with Crippen molar-refractivity contribution in [3.05, 3.63) is 86.7 Å². The Labute approximate surface area is 239 Å². The molecule has 39 heavy (non-hydrogen) atoms. The predicted molar refractivity (Wildman–Crippen MR) is 153 cm³/mol. The van der Waals surface area contributed by atoms with Gasteiger partial charge in [0.25, 0.3) is 17.1 Å². The number of thioether (sulfide) groups is 1. The van der Waals surface area contributed by atoms with Gasteiger partial charge in [0.2, 0.25) is 0 Å². The number of aryl methyl sites for hydroxylation is 1. The van der Waals surface area contributed by atoms with Gasteiger partial charge >= 0.3 is 0 Å². The molecule has 8 nitrogen and oxygen atoms in total. The summed E-state index contributed by atoms with van der Waals surface area (Å²) in [6.07, 6.45) is 1.60. The van der Waals surface area contributed by atoms with Gasteiger partial charge < -0.3 is 19.5 Å². The fourth-order valence-electron chi connectivity index (χ4n) is 3.53. The average molecular weight is 587 g/mol. The highest BCUT2D eigenvalue weighted by molar-refractivity contribution is 8.18. The predicted octanol–water partition coefficient (Wildman–Crippen LogP) is 6.44. The number of nitrogens with one attached hydrogen (secondary N) is 1. The largest absolute Gasteiger partial charge is 0.493 e. The Morgan fingerprint density at radius 1 is 1.00 bits per heavy atom. The molecule has 0 aromatic heterocycles. The van der Waals surface area contributed by atoms with Crippen molar-refractivity contribution in [2.75, 3.05) is 32.2 Å². The Hall–Kier alpha value is -3.66. The van der Waals surface area contributed by atoms with Crippen molar-refractivity contribution in [3.8, 4) is 17.2 Å². The summed E-state index contributed by atoms with van der Waals surface area (Å²) in [6, 6.07) is 17.0. The third kappa shape index (κ3) is 7.47. The summed E-state index contributed by atoms with van der Waals surface area (Å²) < 4.78 is 16.6. The number of amides is 3. The van der Waals surface area contributed by atoms with Crippen molar-refractivity contribution >= 4 is 63.8 Å². The maximum absolute atomic E-state index is 12.8. The number of methoxy groups -OCH3 is 1. The van der Waals surface area contributed by atoms with Crippen LogP contribution in [0.15, 0.2) is 65.6 Å². The summed E-state index contributed by atoms with van der Waals surface area (Å²) in [6.45, 7) is 1.88. The van der Waals surface area contributed by atoms with Gasteiger partial charge in [0.15, 0.2) is 18.1 Å². The molecule has 0 unspecified atom stereocenters. The van der Waals surface area contributed by atoms with Gasteiger partial charge in [-0.15, -0.1) is 0 Å². The summed E-state index contributed by atoms with van der Waals surface area (Å²) >= 11 is 12.8. The van der Waals surface area contributed by atoms with E-state index in [1.54, 1.807) is 60.7 Å². The van der Waals surface area contributed by atoms with Crippen LogP contribution in [0.3, 0.4) is 0 Å². The zero-order valence-corrected chi connectivity index (χ0v) is 23.4. The zero-order valence-electron chi connectivity index (χ0n) is 21.0. The van der Waals surface area contributed by atoms with Crippen LogP contribution >= 0.6 is 35.0 Å². The van der Waals surface area contributed by atoms with E-state index in [0.29, 0.717) is 38.5 Å². The molecule has 1 heterocycles. The summed E-state index contributed by atoms with van der Waals surface area (Å²) in [5.74, 6) is 0.532. The molecule has 0 aliphatic carbocycles. The number of carbonyl (C=O) groups excluding carboxylic acids is 3. The minimum Gasteiger partial charge on any atom is -0.493 e. The molecular weight excluding hydrogens is 563 g/mol. The fourth-order valence-corrected chi connectivity index (χ4v) is 4.71. The number of carbonyl (C=O) groups is 3. The smallest absolute Gasteiger partial charge is 0.293 e. The molecule has 3 aromatic rings. The first kappa shape index (κ1) is 28.4. The summed E-state index contributed by atoms with van der Waals surface area (Å²) in [5, 5.41) is 3.49. The van der Waals surface area contributed by atoms with Gasteiger partial charge in [-0.1, -0.05) is 35.3 Å². The van der Waals surface area contributed by atoms with Crippen molar-refractivity contribution in [3.63, 3.8) is 0 Å². The summed E-state index contributed by atoms with van der Waals surface area (Å²) in [4.78, 5) is 39.0. The molecule has 0 bridgehead atoms. The normalized spacial score (nSPS) is 14.1. The monoisotopic (exact) mass is 586 g/mol. The van der Waals surface area contributed by atoms with Crippen LogP contribution in [0, 0.1) is 6.92 Å². The number of ether oxygens (including phenoxy) is 3. The number of rotatable bonds is 10. The molecule has 1 saturated heterocycles. The highest BCUT2D eigenvalue weighted by atomic mass is 35.5. The fraction of sp³-hybridized carbons (Fsp3) is 0.179. The van der Waals surface area contributed by atoms with Gasteiger partial charge in [-0.2, -0.15) is 0 Å². The number of nitrogens with zero attached hydrogens (tertiary/aromatic N) is 1. The van der Waals surface area contributed by atoms with E-state index in [-0.39, 0.29) is 35.8 Å². The highest BCUT2D eigenvalue weighted by Crippen LogP contribution is 2.34. The van der Waals surface area contributed by atoms with Gasteiger partial charge in [0.05, 0.1) is 18.6 Å². The number of anilines is 1. The van der Waals surface area contributed by atoms with Crippen LogP contribution in [0.1, 0.15) is 11.1 Å². The van der Waals surface area contributed by atoms with E-state index in [9.17, 15) is 14.4 Å². The van der Waals surface area contributed by atoms with Gasteiger partial charge in [0.1, 0.15) is 12.4 Å². The topological polar surface area (TPSA) is 94.2 Å². The third-order valence-corrected chi connectivity index (χ3v) is 7.14. The Morgan fingerprint density at radius 2 is 1.77 bits per heavy atom. The number of halogens is 2. The van der Waals surface area contributed by atoms with Crippen LogP contribution in [-0.2, 0) is 9.59 Å². The van der Waals surface area contributed by atoms with Crippen molar-refractivity contribution in [2.24, 2.45) is 0 Å². The summed E-state index contributed by atoms with van der Waals surface area (Å²) in [7, 11) is 1.47. The maximum Gasteiger partial charge on any atom is 0.293 e. The van der Waals surface area contributed by atoms with Crippen molar-refractivity contribution in [1.82, 2.24) is 4.90 Å². The second-order valence-electron chi connectivity index (χ2n) is 8.35. The number of hydrogen-bond donors (Lipinski definition) is 1. The molecule has 1 aliphatic rings. The van der Waals surface area contributed by atoms with E-state index in [1.165, 1.54) is 7.11 Å². The maximum atomic E-state index is 12.8. The zero-order chi connectivity index (χ0) is 27.9. The quantitative estimate of drug-likeness (QED) is 0.273. The highest BCUT2D eigenvalue weighted by Gasteiger charge is 2.34. The van der Waals surface area contributed by atoms with Crippen LogP contribution < -0.4 is 19.5 Å². The van der Waals surface area contributed by atoms with Crippen molar-refractivity contribution in [1.29, 1.82) is 0 Å². The second kappa shape index (κ2) is 12.9. The number of benzene rings is 3. The first-order chi connectivity index (χ1) is 18.7. The Bertz CT molecular complexity index is 1430. The summed E-state index contributed by atoms with van der Waals surface area (Å²) in [5.41, 5.74) is 2.09. The number of imide groups is 1. The first-order valence-electron chi connectivity index (χ1n) is 11.7. The van der Waals surface area contributed by atoms with E-state index in [2.05, 4.69) is 5.32 Å². The van der Waals surface area contributed by atoms with E-state index in [4.69, 9.17) is 37.4 Å². The molecule has 11 heteroatoms. The number of hydrogen-bond acceptors (Lipinski definition) is 7.